The van der Waals surface area contributed by atoms with E-state index >= 15 is 0 Å². The molecule has 0 bridgehead atoms. The highest BCUT2D eigenvalue weighted by molar-refractivity contribution is 5.50. The Labute approximate surface area is 49.6 Å². The van der Waals surface area contributed by atoms with Crippen molar-refractivity contribution in [2.24, 2.45) is 4.99 Å². The molecule has 0 unspecified atom stereocenters. The average molecular weight is 112 g/mol. The minimum atomic E-state index is 0.537. The zero-order valence-electron chi connectivity index (χ0n) is 4.89. The molecule has 0 amide bonds. The van der Waals surface area contributed by atoms with Gasteiger partial charge in [0.2, 0.25) is 0 Å². The highest BCUT2D eigenvalue weighted by atomic mass is 16.1. The van der Waals surface area contributed by atoms with Crippen LogP contribution >= 0.6 is 0 Å². The van der Waals surface area contributed by atoms with Crippen molar-refractivity contribution in [3.05, 3.63) is 0 Å². The quantitative estimate of drug-likeness (QED) is 0.385. The monoisotopic (exact) mass is 112 g/mol. The van der Waals surface area contributed by atoms with Crippen LogP contribution in [0.25, 0.3) is 0 Å². The average Bonchev–Trinajstić information content (AvgIpc) is 1.81. The van der Waals surface area contributed by atoms with Crippen molar-refractivity contribution >= 4 is 13.0 Å². The van der Waals surface area contributed by atoms with E-state index in [1.165, 1.54) is 0 Å². The zero-order chi connectivity index (χ0) is 6.24. The molecule has 8 heavy (non-hydrogen) atoms. The minimum Gasteiger partial charge on any atom is -0.301 e. The smallest absolute Gasteiger partial charge is 0.198 e. The normalized spacial score (nSPS) is 8.50. The van der Waals surface area contributed by atoms with Crippen molar-refractivity contribution < 1.29 is 4.79 Å². The summed E-state index contributed by atoms with van der Waals surface area (Å²) in [6.07, 6.45) is 4.20. The first-order chi connectivity index (χ1) is 3.91. The van der Waals surface area contributed by atoms with Gasteiger partial charge in [0, 0.05) is 13.0 Å². The molecule has 0 aromatic rings. The van der Waals surface area contributed by atoms with Gasteiger partial charge in [-0.25, -0.2) is 0 Å². The second-order valence-electron chi connectivity index (χ2n) is 1.55. The van der Waals surface area contributed by atoms with Crippen molar-refractivity contribution in [1.82, 2.24) is 0 Å². The minimum absolute atomic E-state index is 0.537. The van der Waals surface area contributed by atoms with Gasteiger partial charge in [0.15, 0.2) is 6.29 Å². The van der Waals surface area contributed by atoms with E-state index in [0.29, 0.717) is 6.42 Å². The summed E-state index contributed by atoms with van der Waals surface area (Å²) in [5.74, 6) is 0. The molecule has 0 fully saturated rings. The Kier molecular flexibility index (Phi) is 5.82. The van der Waals surface area contributed by atoms with Gasteiger partial charge in [-0.15, -0.1) is 0 Å². The van der Waals surface area contributed by atoms with Gasteiger partial charge in [0.1, 0.15) is 0 Å². The fourth-order valence-corrected chi connectivity index (χ4v) is 0.421. The summed E-state index contributed by atoms with van der Waals surface area (Å²) in [6.45, 7) is 4.08. The van der Waals surface area contributed by atoms with Crippen LogP contribution in [0.5, 0.6) is 0 Å². The lowest BCUT2D eigenvalue weighted by Crippen LogP contribution is -1.80. The molecule has 2 nitrogen and oxygen atoms in total. The highest BCUT2D eigenvalue weighted by Crippen LogP contribution is 1.90. The van der Waals surface area contributed by atoms with Crippen LogP contribution in [0.2, 0.25) is 0 Å². The van der Waals surface area contributed by atoms with Gasteiger partial charge in [-0.05, 0) is 19.6 Å². The molecule has 1 radical (unpaired) electrons. The predicted octanol–water partition coefficient (Wildman–Crippen LogP) is 0.967. The van der Waals surface area contributed by atoms with Gasteiger partial charge in [0.25, 0.3) is 0 Å². The Hall–Kier alpha value is -0.660. The van der Waals surface area contributed by atoms with Crippen molar-refractivity contribution in [3.8, 4) is 0 Å². The number of carbonyl (C=O) groups excluding carboxylic acids is 1. The molecule has 0 atom stereocenters. The molecule has 2 heteroatoms. The standard InChI is InChI=1S/C6H10NO/c1-7-5-3-2-4-6-8/h1-5H2. The van der Waals surface area contributed by atoms with Crippen molar-refractivity contribution in [1.29, 1.82) is 0 Å². The third kappa shape index (κ3) is 5.34. The maximum atomic E-state index is 9.60. The molecule has 0 aliphatic heterocycles. The maximum absolute atomic E-state index is 9.60. The fourth-order valence-electron chi connectivity index (χ4n) is 0.421. The summed E-state index contributed by atoms with van der Waals surface area (Å²) < 4.78 is 0. The lowest BCUT2D eigenvalue weighted by atomic mass is 10.2. The molecule has 0 saturated carbocycles. The van der Waals surface area contributed by atoms with Crippen LogP contribution in [0.4, 0.5) is 0 Å². The van der Waals surface area contributed by atoms with Crippen molar-refractivity contribution in [2.45, 2.75) is 19.3 Å². The number of nitrogens with zero attached hydrogens (tertiary/aromatic N) is 1. The zero-order valence-corrected chi connectivity index (χ0v) is 4.89. The topological polar surface area (TPSA) is 29.4 Å². The first-order valence-corrected chi connectivity index (χ1v) is 2.69. The molecule has 0 saturated heterocycles. The van der Waals surface area contributed by atoms with E-state index in [9.17, 15) is 4.79 Å². The Morgan fingerprint density at radius 2 is 2.25 bits per heavy atom. The third-order valence-corrected chi connectivity index (χ3v) is 0.845. The van der Waals surface area contributed by atoms with Crippen LogP contribution in [-0.2, 0) is 4.79 Å². The number of aliphatic imine (C=N–C) groups is 1. The van der Waals surface area contributed by atoms with Gasteiger partial charge in [-0.1, -0.05) is 0 Å². The SMILES string of the molecule is C=NCCCC[C]=O. The van der Waals surface area contributed by atoms with Gasteiger partial charge in [-0.3, -0.25) is 4.79 Å². The molecule has 0 spiro atoms. The summed E-state index contributed by atoms with van der Waals surface area (Å²) in [4.78, 5) is 13.2. The maximum Gasteiger partial charge on any atom is 0.198 e. The first-order valence-electron chi connectivity index (χ1n) is 2.69. The summed E-state index contributed by atoms with van der Waals surface area (Å²) in [6, 6.07) is 0. The van der Waals surface area contributed by atoms with Crippen LogP contribution in [0, 0.1) is 0 Å². The molecular weight excluding hydrogens is 102 g/mol. The van der Waals surface area contributed by atoms with Gasteiger partial charge in [-0.2, -0.15) is 0 Å². The summed E-state index contributed by atoms with van der Waals surface area (Å²) in [5, 5.41) is 0. The lowest BCUT2D eigenvalue weighted by molar-refractivity contribution is 0.547. The van der Waals surface area contributed by atoms with Crippen LogP contribution < -0.4 is 0 Å². The van der Waals surface area contributed by atoms with Crippen LogP contribution in [0.1, 0.15) is 19.3 Å². The molecule has 0 aromatic heterocycles. The molecule has 0 N–H and O–H groups in total. The second kappa shape index (κ2) is 6.34. The van der Waals surface area contributed by atoms with E-state index in [-0.39, 0.29) is 0 Å². The number of unbranched alkanes of at least 4 members (excludes halogenated alkanes) is 2. The highest BCUT2D eigenvalue weighted by Gasteiger charge is 1.83. The summed E-state index contributed by atoms with van der Waals surface area (Å²) in [7, 11) is 0. The Morgan fingerprint density at radius 3 is 2.75 bits per heavy atom. The van der Waals surface area contributed by atoms with Crippen LogP contribution in [0.15, 0.2) is 4.99 Å². The van der Waals surface area contributed by atoms with Gasteiger partial charge >= 0.3 is 0 Å². The number of hydrogen-bond acceptors (Lipinski definition) is 2. The van der Waals surface area contributed by atoms with Crippen LogP contribution in [0.3, 0.4) is 0 Å². The summed E-state index contributed by atoms with van der Waals surface area (Å²) >= 11 is 0. The molecule has 0 aromatic carbocycles. The predicted molar refractivity (Wildman–Crippen MR) is 34.0 cm³/mol. The van der Waals surface area contributed by atoms with Gasteiger partial charge < -0.3 is 4.99 Å². The summed E-state index contributed by atoms with van der Waals surface area (Å²) in [5.41, 5.74) is 0. The molecule has 0 aliphatic carbocycles. The molecule has 0 aliphatic rings. The fraction of sp³-hybridized carbons (Fsp3) is 0.667. The van der Waals surface area contributed by atoms with Crippen molar-refractivity contribution in [3.63, 3.8) is 0 Å². The Bertz CT molecular complexity index is 60.9. The van der Waals surface area contributed by atoms with Crippen molar-refractivity contribution in [2.75, 3.05) is 6.54 Å². The lowest BCUT2D eigenvalue weighted by Gasteiger charge is -1.86. The molecule has 0 rings (SSSR count). The Morgan fingerprint density at radius 1 is 1.50 bits per heavy atom. The van der Waals surface area contributed by atoms with E-state index in [1.807, 2.05) is 6.29 Å². The second-order valence-corrected chi connectivity index (χ2v) is 1.55. The number of rotatable bonds is 5. The largest absolute Gasteiger partial charge is 0.301 e. The number of hydrogen-bond donors (Lipinski definition) is 0. The van der Waals surface area contributed by atoms with E-state index in [4.69, 9.17) is 0 Å². The van der Waals surface area contributed by atoms with Crippen LogP contribution in [-0.4, -0.2) is 19.5 Å². The molecule has 45 valence electrons. The third-order valence-electron chi connectivity index (χ3n) is 0.845. The Balaban J connectivity index is 2.71. The van der Waals surface area contributed by atoms with E-state index < -0.39 is 0 Å². The molecular formula is C6H10NO. The molecule has 0 heterocycles. The van der Waals surface area contributed by atoms with E-state index in [1.54, 1.807) is 0 Å². The van der Waals surface area contributed by atoms with Gasteiger partial charge in [0.05, 0.1) is 0 Å². The van der Waals surface area contributed by atoms with E-state index in [0.717, 1.165) is 19.4 Å². The first kappa shape index (κ1) is 7.34. The van der Waals surface area contributed by atoms with E-state index in [2.05, 4.69) is 11.7 Å².